The number of rotatable bonds is 2. The monoisotopic (exact) mass is 213 g/mol. The molecule has 0 radical (unpaired) electrons. The number of hydrogen-bond acceptors (Lipinski definition) is 2. The molecule has 0 heterocycles. The number of aliphatic hydroxyl groups is 1. The predicted octanol–water partition coefficient (Wildman–Crippen LogP) is 2.29. The molecule has 1 aliphatic rings. The molecule has 15 heavy (non-hydrogen) atoms. The van der Waals surface area contributed by atoms with Crippen LogP contribution in [0.15, 0.2) is 18.2 Å². The number of hydrogen-bond donors (Lipinski definition) is 2. The number of benzene rings is 1. The van der Waals surface area contributed by atoms with E-state index in [-0.39, 0.29) is 11.7 Å². The van der Waals surface area contributed by atoms with Crippen LogP contribution in [0.4, 0.5) is 14.5 Å². The Kier molecular flexibility index (Phi) is 2.86. The quantitative estimate of drug-likeness (QED) is 0.790. The fraction of sp³-hybridized carbons (Fsp3) is 0.455. The van der Waals surface area contributed by atoms with Gasteiger partial charge in [-0.05, 0) is 37.5 Å². The second-order valence-electron chi connectivity index (χ2n) is 3.87. The largest absolute Gasteiger partial charge is 0.391 e. The van der Waals surface area contributed by atoms with Gasteiger partial charge in [0.05, 0.1) is 17.8 Å². The lowest BCUT2D eigenvalue weighted by atomic mass is 10.2. The van der Waals surface area contributed by atoms with Crippen molar-refractivity contribution in [3.05, 3.63) is 29.8 Å². The van der Waals surface area contributed by atoms with Crippen molar-refractivity contribution in [2.24, 2.45) is 0 Å². The molecule has 2 rings (SSSR count). The SMILES string of the molecule is OC1CCCC1Nc1cc(F)ccc1F. The fourth-order valence-corrected chi connectivity index (χ4v) is 1.92. The third-order valence-electron chi connectivity index (χ3n) is 2.75. The summed E-state index contributed by atoms with van der Waals surface area (Å²) in [6.45, 7) is 0. The van der Waals surface area contributed by atoms with E-state index < -0.39 is 17.7 Å². The maximum atomic E-state index is 13.2. The maximum Gasteiger partial charge on any atom is 0.146 e. The van der Waals surface area contributed by atoms with Crippen LogP contribution in [-0.4, -0.2) is 17.3 Å². The van der Waals surface area contributed by atoms with Crippen LogP contribution in [0.1, 0.15) is 19.3 Å². The molecule has 0 spiro atoms. The summed E-state index contributed by atoms with van der Waals surface area (Å²) in [6.07, 6.45) is 1.95. The van der Waals surface area contributed by atoms with Crippen LogP contribution < -0.4 is 5.32 Å². The molecule has 1 saturated carbocycles. The summed E-state index contributed by atoms with van der Waals surface area (Å²) in [7, 11) is 0. The molecule has 2 nitrogen and oxygen atoms in total. The molecule has 2 unspecified atom stereocenters. The van der Waals surface area contributed by atoms with E-state index in [1.54, 1.807) is 0 Å². The van der Waals surface area contributed by atoms with Crippen LogP contribution in [0.5, 0.6) is 0 Å². The van der Waals surface area contributed by atoms with Gasteiger partial charge in [0, 0.05) is 0 Å². The van der Waals surface area contributed by atoms with Gasteiger partial charge in [0.25, 0.3) is 0 Å². The van der Waals surface area contributed by atoms with Gasteiger partial charge in [-0.15, -0.1) is 0 Å². The summed E-state index contributed by atoms with van der Waals surface area (Å²) in [5, 5.41) is 12.4. The van der Waals surface area contributed by atoms with Crippen LogP contribution >= 0.6 is 0 Å². The van der Waals surface area contributed by atoms with Gasteiger partial charge in [0.2, 0.25) is 0 Å². The first-order valence-corrected chi connectivity index (χ1v) is 5.06. The lowest BCUT2D eigenvalue weighted by molar-refractivity contribution is 0.171. The molecule has 2 atom stereocenters. The smallest absolute Gasteiger partial charge is 0.146 e. The van der Waals surface area contributed by atoms with Crippen molar-refractivity contribution in [2.45, 2.75) is 31.4 Å². The van der Waals surface area contributed by atoms with Crippen molar-refractivity contribution in [3.63, 3.8) is 0 Å². The zero-order chi connectivity index (χ0) is 10.8. The maximum absolute atomic E-state index is 13.2. The van der Waals surface area contributed by atoms with E-state index >= 15 is 0 Å². The second kappa shape index (κ2) is 4.14. The van der Waals surface area contributed by atoms with E-state index in [4.69, 9.17) is 0 Å². The van der Waals surface area contributed by atoms with E-state index in [1.165, 1.54) is 0 Å². The number of halogens is 2. The highest BCUT2D eigenvalue weighted by atomic mass is 19.1. The summed E-state index contributed by atoms with van der Waals surface area (Å²) < 4.78 is 26.1. The first-order chi connectivity index (χ1) is 7.16. The summed E-state index contributed by atoms with van der Waals surface area (Å²) in [5.41, 5.74) is 0.126. The van der Waals surface area contributed by atoms with Crippen LogP contribution in [0.2, 0.25) is 0 Å². The molecule has 1 aromatic carbocycles. The van der Waals surface area contributed by atoms with Crippen molar-refractivity contribution in [2.75, 3.05) is 5.32 Å². The van der Waals surface area contributed by atoms with Gasteiger partial charge in [0.15, 0.2) is 0 Å². The van der Waals surface area contributed by atoms with Gasteiger partial charge in [0.1, 0.15) is 11.6 Å². The molecule has 82 valence electrons. The van der Waals surface area contributed by atoms with Crippen molar-refractivity contribution >= 4 is 5.69 Å². The molecule has 0 aromatic heterocycles. The molecule has 0 amide bonds. The zero-order valence-corrected chi connectivity index (χ0v) is 8.21. The molecule has 0 aliphatic heterocycles. The fourth-order valence-electron chi connectivity index (χ4n) is 1.92. The highest BCUT2D eigenvalue weighted by Crippen LogP contribution is 2.24. The van der Waals surface area contributed by atoms with E-state index in [1.807, 2.05) is 0 Å². The molecule has 1 fully saturated rings. The highest BCUT2D eigenvalue weighted by Gasteiger charge is 2.25. The first-order valence-electron chi connectivity index (χ1n) is 5.06. The Morgan fingerprint density at radius 2 is 2.07 bits per heavy atom. The van der Waals surface area contributed by atoms with Gasteiger partial charge >= 0.3 is 0 Å². The van der Waals surface area contributed by atoms with Crippen LogP contribution in [0.3, 0.4) is 0 Å². The Morgan fingerprint density at radius 3 is 2.73 bits per heavy atom. The van der Waals surface area contributed by atoms with Gasteiger partial charge < -0.3 is 10.4 Å². The Hall–Kier alpha value is -1.16. The van der Waals surface area contributed by atoms with Gasteiger partial charge in [-0.2, -0.15) is 0 Å². The third-order valence-corrected chi connectivity index (χ3v) is 2.75. The first kappa shape index (κ1) is 10.4. The van der Waals surface area contributed by atoms with Gasteiger partial charge in [-0.25, -0.2) is 8.78 Å². The van der Waals surface area contributed by atoms with Crippen LogP contribution in [-0.2, 0) is 0 Å². The van der Waals surface area contributed by atoms with E-state index in [0.717, 1.165) is 31.0 Å². The Morgan fingerprint density at radius 1 is 1.27 bits per heavy atom. The molecular formula is C11H13F2NO. The predicted molar refractivity (Wildman–Crippen MR) is 53.6 cm³/mol. The van der Waals surface area contributed by atoms with E-state index in [9.17, 15) is 13.9 Å². The average Bonchev–Trinajstić information content (AvgIpc) is 2.58. The molecule has 1 aliphatic carbocycles. The Labute approximate surface area is 86.9 Å². The van der Waals surface area contributed by atoms with Gasteiger partial charge in [-0.1, -0.05) is 0 Å². The summed E-state index contributed by atoms with van der Waals surface area (Å²) in [5.74, 6) is -0.970. The summed E-state index contributed by atoms with van der Waals surface area (Å²) in [6, 6.07) is 3.10. The molecule has 4 heteroatoms. The lowest BCUT2D eigenvalue weighted by Crippen LogP contribution is -2.28. The normalized spacial score (nSPS) is 25.5. The molecule has 2 N–H and O–H groups in total. The molecular weight excluding hydrogens is 200 g/mol. The van der Waals surface area contributed by atoms with E-state index in [2.05, 4.69) is 5.32 Å². The van der Waals surface area contributed by atoms with Crippen molar-refractivity contribution in [1.82, 2.24) is 0 Å². The minimum atomic E-state index is -0.490. The molecule has 0 saturated heterocycles. The average molecular weight is 213 g/mol. The number of anilines is 1. The van der Waals surface area contributed by atoms with Crippen molar-refractivity contribution in [1.29, 1.82) is 0 Å². The number of aliphatic hydroxyl groups excluding tert-OH is 1. The van der Waals surface area contributed by atoms with Crippen LogP contribution in [0, 0.1) is 11.6 Å². The van der Waals surface area contributed by atoms with Crippen molar-refractivity contribution in [3.8, 4) is 0 Å². The minimum absolute atomic E-state index is 0.126. The van der Waals surface area contributed by atoms with Crippen molar-refractivity contribution < 1.29 is 13.9 Å². The topological polar surface area (TPSA) is 32.3 Å². The van der Waals surface area contributed by atoms with Gasteiger partial charge in [-0.3, -0.25) is 0 Å². The minimum Gasteiger partial charge on any atom is -0.391 e. The summed E-state index contributed by atoms with van der Waals surface area (Å²) >= 11 is 0. The standard InChI is InChI=1S/C11H13F2NO/c12-7-4-5-8(13)10(6-7)14-9-2-1-3-11(9)15/h4-6,9,11,14-15H,1-3H2. The Balaban J connectivity index is 2.12. The Bertz CT molecular complexity index is 356. The second-order valence-corrected chi connectivity index (χ2v) is 3.87. The van der Waals surface area contributed by atoms with Crippen LogP contribution in [0.25, 0.3) is 0 Å². The highest BCUT2D eigenvalue weighted by molar-refractivity contribution is 5.46. The molecule has 0 bridgehead atoms. The van der Waals surface area contributed by atoms with E-state index in [0.29, 0.717) is 6.42 Å². The third kappa shape index (κ3) is 2.26. The summed E-state index contributed by atoms with van der Waals surface area (Å²) in [4.78, 5) is 0. The lowest BCUT2D eigenvalue weighted by Gasteiger charge is -2.18. The molecule has 1 aromatic rings. The number of nitrogens with one attached hydrogen (secondary N) is 1. The zero-order valence-electron chi connectivity index (χ0n) is 8.21.